The lowest BCUT2D eigenvalue weighted by atomic mass is 10.1. The predicted molar refractivity (Wildman–Crippen MR) is 132 cm³/mol. The summed E-state index contributed by atoms with van der Waals surface area (Å²) in [4.78, 5) is 27.8. The molecule has 1 aromatic carbocycles. The average molecular weight is 467 g/mol. The smallest absolute Gasteiger partial charge is 0.273 e. The molecule has 4 aromatic rings. The molecule has 0 spiro atoms. The second-order valence-corrected chi connectivity index (χ2v) is 9.82. The van der Waals surface area contributed by atoms with Crippen molar-refractivity contribution in [3.8, 4) is 16.3 Å². The minimum absolute atomic E-state index is 0.0526. The van der Waals surface area contributed by atoms with Gasteiger partial charge in [0.1, 0.15) is 11.4 Å². The highest BCUT2D eigenvalue weighted by Gasteiger charge is 2.21. The Morgan fingerprint density at radius 1 is 1.09 bits per heavy atom. The first-order chi connectivity index (χ1) is 15.4. The maximum Gasteiger partial charge on any atom is 0.273 e. The number of methoxy groups -OCH3 is 1. The fourth-order valence-corrected chi connectivity index (χ4v) is 4.80. The molecule has 0 fully saturated rings. The first kappa shape index (κ1) is 22.4. The van der Waals surface area contributed by atoms with Crippen molar-refractivity contribution in [2.24, 2.45) is 0 Å². The van der Waals surface area contributed by atoms with Crippen molar-refractivity contribution < 1.29 is 9.53 Å². The molecule has 0 bridgehead atoms. The quantitative estimate of drug-likeness (QED) is 0.368. The summed E-state index contributed by atoms with van der Waals surface area (Å²) in [6.07, 6.45) is 0. The minimum Gasteiger partial charge on any atom is -0.497 e. The second-order valence-electron chi connectivity index (χ2n) is 7.81. The highest BCUT2D eigenvalue weighted by Crippen LogP contribution is 2.31. The van der Waals surface area contributed by atoms with E-state index >= 15 is 0 Å². The number of aryl methyl sites for hydroxylation is 1. The summed E-state index contributed by atoms with van der Waals surface area (Å²) in [7, 11) is 5.68. The van der Waals surface area contributed by atoms with Gasteiger partial charge in [-0.3, -0.25) is 4.79 Å². The highest BCUT2D eigenvalue weighted by atomic mass is 32.1. The molecular formula is C24H26N4O2S2. The molecule has 32 heavy (non-hydrogen) atoms. The van der Waals surface area contributed by atoms with E-state index in [1.165, 1.54) is 11.3 Å². The Morgan fingerprint density at radius 2 is 1.94 bits per heavy atom. The van der Waals surface area contributed by atoms with E-state index in [1.807, 2.05) is 60.9 Å². The Kier molecular flexibility index (Phi) is 6.83. The summed E-state index contributed by atoms with van der Waals surface area (Å²) >= 11 is 3.14. The zero-order chi connectivity index (χ0) is 22.7. The van der Waals surface area contributed by atoms with E-state index in [0.717, 1.165) is 44.3 Å². The van der Waals surface area contributed by atoms with Gasteiger partial charge in [-0.2, -0.15) is 0 Å². The van der Waals surface area contributed by atoms with Crippen LogP contribution in [-0.4, -0.2) is 60.0 Å². The molecule has 0 saturated carbocycles. The molecule has 0 aliphatic rings. The molecule has 4 rings (SSSR count). The summed E-state index contributed by atoms with van der Waals surface area (Å²) in [6, 6.07) is 12.1. The van der Waals surface area contributed by atoms with Crippen molar-refractivity contribution in [2.45, 2.75) is 13.5 Å². The average Bonchev–Trinajstić information content (AvgIpc) is 3.47. The topological polar surface area (TPSA) is 58.6 Å². The molecular weight excluding hydrogens is 440 g/mol. The summed E-state index contributed by atoms with van der Waals surface area (Å²) < 4.78 is 5.38. The predicted octanol–water partition coefficient (Wildman–Crippen LogP) is 4.94. The first-order valence-corrected chi connectivity index (χ1v) is 12.1. The van der Waals surface area contributed by atoms with E-state index in [-0.39, 0.29) is 5.91 Å². The van der Waals surface area contributed by atoms with E-state index in [2.05, 4.69) is 22.0 Å². The number of nitrogens with zero attached hydrogens (tertiary/aromatic N) is 4. The third kappa shape index (κ3) is 4.98. The number of carbonyl (C=O) groups excluding carboxylic acids is 1. The molecule has 0 aliphatic heterocycles. The van der Waals surface area contributed by atoms with Gasteiger partial charge in [-0.05, 0) is 56.2 Å². The van der Waals surface area contributed by atoms with Gasteiger partial charge in [-0.15, -0.1) is 22.7 Å². The van der Waals surface area contributed by atoms with Crippen LogP contribution in [0.25, 0.3) is 21.5 Å². The number of benzene rings is 1. The van der Waals surface area contributed by atoms with Gasteiger partial charge in [-0.1, -0.05) is 6.07 Å². The van der Waals surface area contributed by atoms with Gasteiger partial charge in [0.05, 0.1) is 28.2 Å². The number of thiazole rings is 1. The summed E-state index contributed by atoms with van der Waals surface area (Å²) in [5.41, 5.74) is 3.29. The molecule has 6 nitrogen and oxygen atoms in total. The molecule has 1 amide bonds. The van der Waals surface area contributed by atoms with Gasteiger partial charge in [0.2, 0.25) is 0 Å². The zero-order valence-corrected chi connectivity index (χ0v) is 20.3. The number of likely N-dealkylation sites (N-methyl/N-ethyl adjacent to an activating group) is 1. The van der Waals surface area contributed by atoms with Crippen LogP contribution in [0.4, 0.5) is 0 Å². The standard InChI is InChI=1S/C24H26N4O2S2/c1-16-25-21(15-32-16)24(29)28(10-9-27(2)3)14-18-12-17-7-8-19(30-4)13-20(17)26-23(18)22-6-5-11-31-22/h5-8,11-13,15H,9-10,14H2,1-4H3. The van der Waals surface area contributed by atoms with Gasteiger partial charge < -0.3 is 14.5 Å². The maximum atomic E-state index is 13.3. The van der Waals surface area contributed by atoms with Crippen molar-refractivity contribution in [3.63, 3.8) is 0 Å². The Morgan fingerprint density at radius 3 is 2.59 bits per heavy atom. The number of thiophene rings is 1. The van der Waals surface area contributed by atoms with E-state index in [4.69, 9.17) is 9.72 Å². The van der Waals surface area contributed by atoms with Gasteiger partial charge in [0, 0.05) is 36.5 Å². The number of carbonyl (C=O) groups is 1. The third-order valence-corrected chi connectivity index (χ3v) is 6.81. The lowest BCUT2D eigenvalue weighted by Gasteiger charge is -2.25. The number of aromatic nitrogens is 2. The van der Waals surface area contributed by atoms with Crippen LogP contribution in [0.15, 0.2) is 47.2 Å². The third-order valence-electron chi connectivity index (χ3n) is 5.16. The monoisotopic (exact) mass is 466 g/mol. The number of hydrogen-bond acceptors (Lipinski definition) is 7. The van der Waals surface area contributed by atoms with Gasteiger partial charge in [0.25, 0.3) is 5.91 Å². The van der Waals surface area contributed by atoms with Crippen LogP contribution in [0.5, 0.6) is 5.75 Å². The van der Waals surface area contributed by atoms with Gasteiger partial charge in [0.15, 0.2) is 0 Å². The number of pyridine rings is 1. The van der Waals surface area contributed by atoms with Crippen molar-refractivity contribution in [1.29, 1.82) is 0 Å². The van der Waals surface area contributed by atoms with Crippen LogP contribution in [-0.2, 0) is 6.54 Å². The molecule has 0 N–H and O–H groups in total. The highest BCUT2D eigenvalue weighted by molar-refractivity contribution is 7.13. The summed E-state index contributed by atoms with van der Waals surface area (Å²) in [5.74, 6) is 0.722. The molecule has 166 valence electrons. The lowest BCUT2D eigenvalue weighted by Crippen LogP contribution is -2.36. The fraction of sp³-hybridized carbons (Fsp3) is 0.292. The van der Waals surface area contributed by atoms with E-state index in [9.17, 15) is 4.79 Å². The zero-order valence-electron chi connectivity index (χ0n) is 18.7. The summed E-state index contributed by atoms with van der Waals surface area (Å²) in [6.45, 7) is 3.75. The molecule has 0 radical (unpaired) electrons. The van der Waals surface area contributed by atoms with Crippen molar-refractivity contribution in [3.05, 3.63) is 63.4 Å². The van der Waals surface area contributed by atoms with E-state index in [1.54, 1.807) is 18.4 Å². The second kappa shape index (κ2) is 9.77. The Balaban J connectivity index is 1.76. The molecule has 0 aliphatic carbocycles. The Bertz CT molecular complexity index is 1220. The maximum absolute atomic E-state index is 13.3. The van der Waals surface area contributed by atoms with Crippen LogP contribution in [0.1, 0.15) is 21.1 Å². The Hall–Kier alpha value is -2.81. The summed E-state index contributed by atoms with van der Waals surface area (Å²) in [5, 5.41) is 5.79. The number of amides is 1. The van der Waals surface area contributed by atoms with Crippen molar-refractivity contribution >= 4 is 39.5 Å². The van der Waals surface area contributed by atoms with Crippen LogP contribution >= 0.6 is 22.7 Å². The van der Waals surface area contributed by atoms with Crippen molar-refractivity contribution in [2.75, 3.05) is 34.3 Å². The van der Waals surface area contributed by atoms with Crippen LogP contribution < -0.4 is 4.74 Å². The number of fused-ring (bicyclic) bond motifs is 1. The molecule has 3 aromatic heterocycles. The van der Waals surface area contributed by atoms with E-state index in [0.29, 0.717) is 18.8 Å². The molecule has 3 heterocycles. The number of ether oxygens (including phenoxy) is 1. The normalized spacial score (nSPS) is 11.3. The SMILES string of the molecule is COc1ccc2cc(CN(CCN(C)C)C(=O)c3csc(C)n3)c(-c3cccs3)nc2c1. The number of hydrogen-bond donors (Lipinski definition) is 0. The largest absolute Gasteiger partial charge is 0.497 e. The molecule has 8 heteroatoms. The van der Waals surface area contributed by atoms with E-state index < -0.39 is 0 Å². The minimum atomic E-state index is -0.0526. The van der Waals surface area contributed by atoms with Gasteiger partial charge in [-0.25, -0.2) is 9.97 Å². The van der Waals surface area contributed by atoms with Crippen LogP contribution in [0.3, 0.4) is 0 Å². The van der Waals surface area contributed by atoms with Gasteiger partial charge >= 0.3 is 0 Å². The van der Waals surface area contributed by atoms with Crippen molar-refractivity contribution in [1.82, 2.24) is 19.8 Å². The Labute approximate surface area is 196 Å². The van der Waals surface area contributed by atoms with Crippen LogP contribution in [0, 0.1) is 6.92 Å². The molecule has 0 atom stereocenters. The molecule has 0 saturated heterocycles. The molecule has 0 unspecified atom stereocenters. The lowest BCUT2D eigenvalue weighted by molar-refractivity contribution is 0.0727. The number of rotatable bonds is 8. The fourth-order valence-electron chi connectivity index (χ4n) is 3.47. The first-order valence-electron chi connectivity index (χ1n) is 10.3. The van der Waals surface area contributed by atoms with Crippen LogP contribution in [0.2, 0.25) is 0 Å².